The minimum Gasteiger partial charge on any atom is -0.733 e. The number of nitrogens with zero attached hydrogens (tertiary/aromatic N) is 2. The van der Waals surface area contributed by atoms with Gasteiger partial charge in [0.05, 0.1) is 21.3 Å². The third-order valence-corrected chi connectivity index (χ3v) is 5.01. The minimum atomic E-state index is -3.81. The summed E-state index contributed by atoms with van der Waals surface area (Å²) in [4.78, 5) is -0.0180. The van der Waals surface area contributed by atoms with Crippen molar-refractivity contribution >= 4 is 33.0 Å². The lowest BCUT2D eigenvalue weighted by atomic mass is 10.3. The van der Waals surface area contributed by atoms with E-state index in [1.807, 2.05) is 0 Å². The molecule has 2 aromatic carbocycles. The van der Waals surface area contributed by atoms with Crippen LogP contribution in [0.5, 0.6) is 0 Å². The molecule has 112 valence electrons. The summed E-state index contributed by atoms with van der Waals surface area (Å²) in [5.41, 5.74) is 0.283. The van der Waals surface area contributed by atoms with E-state index in [1.54, 1.807) is 24.3 Å². The lowest BCUT2D eigenvalue weighted by Crippen LogP contribution is -2.26. The Morgan fingerprint density at radius 2 is 1.67 bits per heavy atom. The van der Waals surface area contributed by atoms with E-state index in [9.17, 15) is 13.6 Å². The number of hydrogen-bond acceptors (Lipinski definition) is 5. The molecular formula is C13H12ClN2O4S-. The van der Waals surface area contributed by atoms with Crippen molar-refractivity contribution in [3.63, 3.8) is 0 Å². The van der Waals surface area contributed by atoms with Crippen LogP contribution in [0.3, 0.4) is 0 Å². The average Bonchev–Trinajstić information content (AvgIpc) is 2.47. The molecule has 0 amide bonds. The Balaban J connectivity index is 2.40. The SMILES string of the molecule is CN(c1ccccc1Cl)S(=O)(=O)c1ccc(N([O-])O)cc1. The Morgan fingerprint density at radius 3 is 2.19 bits per heavy atom. The van der Waals surface area contributed by atoms with Gasteiger partial charge in [-0.1, -0.05) is 23.7 Å². The summed E-state index contributed by atoms with van der Waals surface area (Å²) in [5.74, 6) is 0. The summed E-state index contributed by atoms with van der Waals surface area (Å²) < 4.78 is 26.0. The molecule has 0 aliphatic rings. The average molecular weight is 328 g/mol. The number of hydrogen-bond donors (Lipinski definition) is 1. The molecule has 2 rings (SSSR count). The van der Waals surface area contributed by atoms with Gasteiger partial charge >= 0.3 is 0 Å². The van der Waals surface area contributed by atoms with Gasteiger partial charge in [0.1, 0.15) is 0 Å². The van der Waals surface area contributed by atoms with E-state index in [2.05, 4.69) is 0 Å². The van der Waals surface area contributed by atoms with Gasteiger partial charge in [-0.15, -0.1) is 0 Å². The van der Waals surface area contributed by atoms with Gasteiger partial charge in [-0.3, -0.25) is 9.51 Å². The van der Waals surface area contributed by atoms with Crippen molar-refractivity contribution in [1.82, 2.24) is 0 Å². The second kappa shape index (κ2) is 5.90. The number of sulfonamides is 1. The fourth-order valence-electron chi connectivity index (χ4n) is 1.74. The summed E-state index contributed by atoms with van der Waals surface area (Å²) in [6.45, 7) is 0. The molecule has 0 atom stereocenters. The molecule has 21 heavy (non-hydrogen) atoms. The zero-order chi connectivity index (χ0) is 15.6. The highest BCUT2D eigenvalue weighted by Gasteiger charge is 2.22. The van der Waals surface area contributed by atoms with Gasteiger partial charge in [-0.2, -0.15) is 0 Å². The lowest BCUT2D eigenvalue weighted by Gasteiger charge is -2.23. The first-order valence-electron chi connectivity index (χ1n) is 5.83. The van der Waals surface area contributed by atoms with Crippen LogP contribution in [0.15, 0.2) is 53.4 Å². The Labute approximate surface area is 127 Å². The van der Waals surface area contributed by atoms with Crippen LogP contribution >= 0.6 is 11.6 Å². The second-order valence-corrected chi connectivity index (χ2v) is 6.57. The first kappa shape index (κ1) is 15.6. The normalized spacial score (nSPS) is 11.2. The van der Waals surface area contributed by atoms with Crippen molar-refractivity contribution < 1.29 is 13.6 Å². The molecule has 8 heteroatoms. The molecule has 0 aliphatic carbocycles. The third-order valence-electron chi connectivity index (χ3n) is 2.91. The number of para-hydroxylation sites is 1. The van der Waals surface area contributed by atoms with Gasteiger partial charge in [-0.05, 0) is 36.4 Å². The molecule has 0 heterocycles. The number of halogens is 1. The molecule has 0 aromatic heterocycles. The van der Waals surface area contributed by atoms with Crippen molar-refractivity contribution in [2.75, 3.05) is 16.6 Å². The monoisotopic (exact) mass is 327 g/mol. The first-order valence-corrected chi connectivity index (χ1v) is 7.65. The molecule has 1 N–H and O–H groups in total. The first-order chi connectivity index (χ1) is 9.84. The minimum absolute atomic E-state index is 0.0180. The van der Waals surface area contributed by atoms with Crippen LogP contribution in [-0.2, 0) is 10.0 Å². The molecule has 2 aromatic rings. The van der Waals surface area contributed by atoms with E-state index in [0.717, 1.165) is 4.31 Å². The smallest absolute Gasteiger partial charge is 0.264 e. The van der Waals surface area contributed by atoms with Gasteiger partial charge in [-0.25, -0.2) is 8.42 Å². The van der Waals surface area contributed by atoms with E-state index in [4.69, 9.17) is 16.8 Å². The molecule has 0 saturated carbocycles. The van der Waals surface area contributed by atoms with Crippen molar-refractivity contribution in [2.24, 2.45) is 0 Å². The van der Waals surface area contributed by atoms with Crippen molar-refractivity contribution in [1.29, 1.82) is 0 Å². The standard InChI is InChI=1S/C13H12ClN2O4S/c1-15(13-5-3-2-4-12(13)14)21(19,20)11-8-6-10(7-9-11)16(17)18/h2-9,17H,1H3/q-1. The van der Waals surface area contributed by atoms with E-state index in [1.165, 1.54) is 31.3 Å². The van der Waals surface area contributed by atoms with Crippen molar-refractivity contribution in [3.8, 4) is 0 Å². The molecule has 0 radical (unpaired) electrons. The highest BCUT2D eigenvalue weighted by Crippen LogP contribution is 2.29. The van der Waals surface area contributed by atoms with Crippen molar-refractivity contribution in [3.05, 3.63) is 58.8 Å². The maximum atomic E-state index is 12.5. The maximum absolute atomic E-state index is 12.5. The molecule has 0 fully saturated rings. The third kappa shape index (κ3) is 3.11. The molecule has 0 saturated heterocycles. The summed E-state index contributed by atoms with van der Waals surface area (Å²) in [6, 6.07) is 11.4. The van der Waals surface area contributed by atoms with Crippen LogP contribution in [0, 0.1) is 5.21 Å². The molecule has 0 aliphatic heterocycles. The van der Waals surface area contributed by atoms with E-state index in [-0.39, 0.29) is 15.8 Å². The Morgan fingerprint density at radius 1 is 1.10 bits per heavy atom. The van der Waals surface area contributed by atoms with Crippen LogP contribution in [0.4, 0.5) is 11.4 Å². The quantitative estimate of drug-likeness (QED) is 0.873. The van der Waals surface area contributed by atoms with Gasteiger partial charge in [0.25, 0.3) is 10.0 Å². The van der Waals surface area contributed by atoms with E-state index in [0.29, 0.717) is 10.7 Å². The molecule has 6 nitrogen and oxygen atoms in total. The maximum Gasteiger partial charge on any atom is 0.264 e. The van der Waals surface area contributed by atoms with Crippen LogP contribution in [-0.4, -0.2) is 20.7 Å². The van der Waals surface area contributed by atoms with Gasteiger partial charge in [0.2, 0.25) is 0 Å². The van der Waals surface area contributed by atoms with Gasteiger partial charge in [0, 0.05) is 7.05 Å². The van der Waals surface area contributed by atoms with E-state index >= 15 is 0 Å². The summed E-state index contributed by atoms with van der Waals surface area (Å²) >= 11 is 5.99. The zero-order valence-electron chi connectivity index (χ0n) is 11.0. The summed E-state index contributed by atoms with van der Waals surface area (Å²) in [6.07, 6.45) is 0. The predicted molar refractivity (Wildman–Crippen MR) is 81.1 cm³/mol. The van der Waals surface area contributed by atoms with Crippen LogP contribution in [0.2, 0.25) is 5.02 Å². The van der Waals surface area contributed by atoms with Crippen LogP contribution in [0.25, 0.3) is 0 Å². The number of anilines is 2. The Bertz CT molecular complexity index is 732. The summed E-state index contributed by atoms with van der Waals surface area (Å²) in [5, 5.41) is 19.4. The molecule has 0 spiro atoms. The number of benzene rings is 2. The zero-order valence-corrected chi connectivity index (χ0v) is 12.5. The van der Waals surface area contributed by atoms with Crippen LogP contribution in [0.1, 0.15) is 0 Å². The lowest BCUT2D eigenvalue weighted by molar-refractivity contribution is 0.296. The topological polar surface area (TPSA) is 83.9 Å². The van der Waals surface area contributed by atoms with Crippen LogP contribution < -0.4 is 9.53 Å². The van der Waals surface area contributed by atoms with Crippen molar-refractivity contribution in [2.45, 2.75) is 4.90 Å². The Hall–Kier alpha value is -1.80. The predicted octanol–water partition coefficient (Wildman–Crippen LogP) is 2.86. The largest absolute Gasteiger partial charge is 0.733 e. The molecule has 0 bridgehead atoms. The fraction of sp³-hybridized carbons (Fsp3) is 0.0769. The summed E-state index contributed by atoms with van der Waals surface area (Å²) in [7, 11) is -2.42. The second-order valence-electron chi connectivity index (χ2n) is 4.19. The molecular weight excluding hydrogens is 316 g/mol. The highest BCUT2D eigenvalue weighted by atomic mass is 35.5. The van der Waals surface area contributed by atoms with Gasteiger partial charge in [0.15, 0.2) is 0 Å². The Kier molecular flexibility index (Phi) is 4.38. The fourth-order valence-corrected chi connectivity index (χ4v) is 3.27. The number of rotatable bonds is 4. The highest BCUT2D eigenvalue weighted by molar-refractivity contribution is 7.92. The van der Waals surface area contributed by atoms with Gasteiger partial charge < -0.3 is 10.4 Å². The van der Waals surface area contributed by atoms with E-state index < -0.39 is 10.0 Å². The molecule has 0 unspecified atom stereocenters.